The summed E-state index contributed by atoms with van der Waals surface area (Å²) in [6.07, 6.45) is 1.01. The molecule has 3 nitrogen and oxygen atoms in total. The van der Waals surface area contributed by atoms with E-state index in [1.54, 1.807) is 6.07 Å². The van der Waals surface area contributed by atoms with Gasteiger partial charge >= 0.3 is 5.97 Å². The molecule has 0 spiro atoms. The van der Waals surface area contributed by atoms with Crippen LogP contribution in [0.25, 0.3) is 0 Å². The summed E-state index contributed by atoms with van der Waals surface area (Å²) in [7, 11) is 0. The predicted octanol–water partition coefficient (Wildman–Crippen LogP) is 3.56. The number of ether oxygens (including phenoxy) is 1. The molecule has 19 heavy (non-hydrogen) atoms. The van der Waals surface area contributed by atoms with Gasteiger partial charge in [0.1, 0.15) is 11.5 Å². The number of rotatable bonds is 4. The largest absolute Gasteiger partial charge is 0.457 e. The van der Waals surface area contributed by atoms with Gasteiger partial charge in [-0.3, -0.25) is 0 Å². The van der Waals surface area contributed by atoms with Crippen LogP contribution in [0.4, 0.5) is 5.69 Å². The first-order valence-electron chi connectivity index (χ1n) is 6.21. The van der Waals surface area contributed by atoms with E-state index < -0.39 is 0 Å². The molecule has 0 fully saturated rings. The number of esters is 1. The summed E-state index contributed by atoms with van der Waals surface area (Å²) in [6, 6.07) is 9.75. The summed E-state index contributed by atoms with van der Waals surface area (Å²) in [5.41, 5.74) is 8.63. The van der Waals surface area contributed by atoms with E-state index in [2.05, 4.69) is 19.1 Å². The normalized spacial score (nSPS) is 10.4. The quantitative estimate of drug-likeness (QED) is 0.868. The Labute approximate surface area is 117 Å². The lowest BCUT2D eigenvalue weighted by Gasteiger charge is -2.04. The van der Waals surface area contributed by atoms with Crippen molar-refractivity contribution in [1.82, 2.24) is 0 Å². The van der Waals surface area contributed by atoms with E-state index in [9.17, 15) is 4.79 Å². The number of nitrogen functional groups attached to an aromatic ring is 1. The molecule has 0 amide bonds. The number of anilines is 1. The Balaban J connectivity index is 1.96. The molecule has 0 aliphatic heterocycles. The van der Waals surface area contributed by atoms with Crippen LogP contribution in [0.3, 0.4) is 0 Å². The van der Waals surface area contributed by atoms with Crippen LogP contribution in [-0.2, 0) is 17.8 Å². The van der Waals surface area contributed by atoms with Crippen LogP contribution >= 0.6 is 11.3 Å². The molecule has 0 aliphatic rings. The molecule has 100 valence electrons. The fourth-order valence-corrected chi connectivity index (χ4v) is 2.52. The van der Waals surface area contributed by atoms with Gasteiger partial charge in [0.2, 0.25) is 0 Å². The molecule has 4 heteroatoms. The number of benzene rings is 1. The first-order valence-corrected chi connectivity index (χ1v) is 7.02. The van der Waals surface area contributed by atoms with Crippen molar-refractivity contribution >= 4 is 23.0 Å². The highest BCUT2D eigenvalue weighted by Crippen LogP contribution is 2.24. The van der Waals surface area contributed by atoms with Crippen LogP contribution < -0.4 is 5.73 Å². The summed E-state index contributed by atoms with van der Waals surface area (Å²) in [5.74, 6) is -0.315. The summed E-state index contributed by atoms with van der Waals surface area (Å²) in [6.45, 7) is 4.29. The zero-order valence-electron chi connectivity index (χ0n) is 11.1. The van der Waals surface area contributed by atoms with Crippen LogP contribution in [0, 0.1) is 6.92 Å². The van der Waals surface area contributed by atoms with Crippen molar-refractivity contribution in [2.24, 2.45) is 0 Å². The van der Waals surface area contributed by atoms with Gasteiger partial charge in [-0.05, 0) is 30.5 Å². The third-order valence-corrected chi connectivity index (χ3v) is 4.00. The van der Waals surface area contributed by atoms with Gasteiger partial charge in [-0.15, -0.1) is 11.3 Å². The first kappa shape index (κ1) is 13.6. The molecular weight excluding hydrogens is 258 g/mol. The lowest BCUT2D eigenvalue weighted by molar-refractivity contribution is 0.0478. The molecule has 0 saturated carbocycles. The zero-order chi connectivity index (χ0) is 13.8. The Kier molecular flexibility index (Phi) is 4.22. The number of aryl methyl sites for hydroxylation is 2. The highest BCUT2D eigenvalue weighted by molar-refractivity contribution is 7.14. The van der Waals surface area contributed by atoms with Crippen molar-refractivity contribution in [3.05, 3.63) is 51.2 Å². The van der Waals surface area contributed by atoms with Crippen molar-refractivity contribution in [2.75, 3.05) is 5.73 Å². The van der Waals surface area contributed by atoms with Crippen LogP contribution in [0.15, 0.2) is 30.3 Å². The van der Waals surface area contributed by atoms with Crippen LogP contribution in [0.1, 0.15) is 32.6 Å². The highest BCUT2D eigenvalue weighted by Gasteiger charge is 2.12. The number of thiophene rings is 1. The van der Waals surface area contributed by atoms with Gasteiger partial charge in [0.05, 0.1) is 0 Å². The average Bonchev–Trinajstić information content (AvgIpc) is 2.77. The Hall–Kier alpha value is -1.81. The minimum absolute atomic E-state index is 0.291. The van der Waals surface area contributed by atoms with E-state index in [0.29, 0.717) is 17.2 Å². The third kappa shape index (κ3) is 3.35. The minimum atomic E-state index is -0.315. The average molecular weight is 275 g/mol. The van der Waals surface area contributed by atoms with Gasteiger partial charge in [0.15, 0.2) is 0 Å². The maximum Gasteiger partial charge on any atom is 0.348 e. The summed E-state index contributed by atoms with van der Waals surface area (Å²) in [5, 5.41) is 0. The molecule has 0 radical (unpaired) electrons. The van der Waals surface area contributed by atoms with E-state index in [0.717, 1.165) is 16.9 Å². The van der Waals surface area contributed by atoms with Gasteiger partial charge in [0, 0.05) is 10.6 Å². The van der Waals surface area contributed by atoms with Gasteiger partial charge < -0.3 is 10.5 Å². The molecule has 0 aliphatic carbocycles. The number of hydrogen-bond acceptors (Lipinski definition) is 4. The molecule has 0 saturated heterocycles. The topological polar surface area (TPSA) is 52.3 Å². The molecule has 2 aromatic rings. The predicted molar refractivity (Wildman–Crippen MR) is 78.4 cm³/mol. The van der Waals surface area contributed by atoms with E-state index in [-0.39, 0.29) is 5.97 Å². The van der Waals surface area contributed by atoms with E-state index in [1.807, 2.05) is 19.1 Å². The summed E-state index contributed by atoms with van der Waals surface area (Å²) < 4.78 is 5.27. The Morgan fingerprint density at radius 1 is 1.26 bits per heavy atom. The summed E-state index contributed by atoms with van der Waals surface area (Å²) >= 11 is 1.36. The van der Waals surface area contributed by atoms with Crippen molar-refractivity contribution in [2.45, 2.75) is 26.9 Å². The zero-order valence-corrected chi connectivity index (χ0v) is 11.9. The fraction of sp³-hybridized carbons (Fsp3) is 0.267. The second-order valence-electron chi connectivity index (χ2n) is 4.37. The third-order valence-electron chi connectivity index (χ3n) is 2.96. The van der Waals surface area contributed by atoms with Gasteiger partial charge in [0.25, 0.3) is 0 Å². The van der Waals surface area contributed by atoms with Gasteiger partial charge in [-0.1, -0.05) is 31.2 Å². The molecular formula is C15H17NO2S. The molecule has 2 rings (SSSR count). The van der Waals surface area contributed by atoms with Crippen molar-refractivity contribution in [3.63, 3.8) is 0 Å². The maximum absolute atomic E-state index is 11.8. The SMILES string of the molecule is CCc1ccc(COC(=O)c2cc(N)c(C)s2)cc1. The van der Waals surface area contributed by atoms with Crippen molar-refractivity contribution in [1.29, 1.82) is 0 Å². The van der Waals surface area contributed by atoms with Gasteiger partial charge in [-0.2, -0.15) is 0 Å². The standard InChI is InChI=1S/C15H17NO2S/c1-3-11-4-6-12(7-5-11)9-18-15(17)14-8-13(16)10(2)19-14/h4-8H,3,9,16H2,1-2H3. The number of hydrogen-bond donors (Lipinski definition) is 1. The van der Waals surface area contributed by atoms with Crippen molar-refractivity contribution in [3.8, 4) is 0 Å². The molecule has 1 aromatic carbocycles. The van der Waals surface area contributed by atoms with E-state index in [4.69, 9.17) is 10.5 Å². The second kappa shape index (κ2) is 5.89. The minimum Gasteiger partial charge on any atom is -0.457 e. The Bertz CT molecular complexity index is 553. The molecule has 0 unspecified atom stereocenters. The fourth-order valence-electron chi connectivity index (χ4n) is 1.69. The lowest BCUT2D eigenvalue weighted by Crippen LogP contribution is -2.03. The molecule has 1 aromatic heterocycles. The lowest BCUT2D eigenvalue weighted by atomic mass is 10.1. The first-order chi connectivity index (χ1) is 9.10. The highest BCUT2D eigenvalue weighted by atomic mass is 32.1. The molecule has 1 heterocycles. The van der Waals surface area contributed by atoms with Crippen LogP contribution in [-0.4, -0.2) is 5.97 Å². The van der Waals surface area contributed by atoms with Crippen LogP contribution in [0.2, 0.25) is 0 Å². The molecule has 2 N–H and O–H groups in total. The smallest absolute Gasteiger partial charge is 0.348 e. The van der Waals surface area contributed by atoms with Gasteiger partial charge in [-0.25, -0.2) is 4.79 Å². The summed E-state index contributed by atoms with van der Waals surface area (Å²) in [4.78, 5) is 13.3. The number of nitrogens with two attached hydrogens (primary N) is 1. The van der Waals surface area contributed by atoms with Crippen molar-refractivity contribution < 1.29 is 9.53 Å². The number of carbonyl (C=O) groups excluding carboxylic acids is 1. The van der Waals surface area contributed by atoms with E-state index >= 15 is 0 Å². The van der Waals surface area contributed by atoms with E-state index in [1.165, 1.54) is 16.9 Å². The van der Waals surface area contributed by atoms with Crippen LogP contribution in [0.5, 0.6) is 0 Å². The molecule has 0 bridgehead atoms. The molecule has 0 atom stereocenters. The maximum atomic E-state index is 11.8. The second-order valence-corrected chi connectivity index (χ2v) is 5.62. The Morgan fingerprint density at radius 3 is 2.42 bits per heavy atom. The number of carbonyl (C=O) groups is 1. The Morgan fingerprint density at radius 2 is 1.89 bits per heavy atom. The monoisotopic (exact) mass is 275 g/mol.